The Morgan fingerprint density at radius 1 is 1.60 bits per heavy atom. The molecule has 0 aliphatic rings. The highest BCUT2D eigenvalue weighted by atomic mass is 16.6. The molecule has 2 N–H and O–H groups in total. The van der Waals surface area contributed by atoms with E-state index in [0.29, 0.717) is 5.57 Å². The summed E-state index contributed by atoms with van der Waals surface area (Å²) in [5, 5.41) is 0. The Balaban J connectivity index is 3.31. The van der Waals surface area contributed by atoms with Gasteiger partial charge in [0.25, 0.3) is 0 Å². The van der Waals surface area contributed by atoms with Crippen LogP contribution in [0.2, 0.25) is 0 Å². The third-order valence-corrected chi connectivity index (χ3v) is 0.783. The van der Waals surface area contributed by atoms with Gasteiger partial charge in [-0.1, -0.05) is 6.58 Å². The lowest BCUT2D eigenvalue weighted by atomic mass is 10.4. The van der Waals surface area contributed by atoms with Crippen LogP contribution in [-0.4, -0.2) is 19.2 Å². The molecule has 0 heterocycles. The molecule has 0 radical (unpaired) electrons. The predicted octanol–water partition coefficient (Wildman–Crippen LogP) is -0.00400. The van der Waals surface area contributed by atoms with E-state index in [2.05, 4.69) is 22.1 Å². The SMILES string of the molecule is C=C(C)C(=O)OCCON. The minimum Gasteiger partial charge on any atom is -0.460 e. The molecule has 0 spiro atoms. The smallest absolute Gasteiger partial charge is 0.333 e. The Kier molecular flexibility index (Phi) is 4.53. The normalized spacial score (nSPS) is 9.00. The van der Waals surface area contributed by atoms with Crippen molar-refractivity contribution >= 4 is 5.97 Å². The van der Waals surface area contributed by atoms with Crippen LogP contribution in [0.4, 0.5) is 0 Å². The standard InChI is InChI=1S/C6H11NO3/c1-5(2)6(8)9-3-4-10-7/h1,3-4,7H2,2H3. The van der Waals surface area contributed by atoms with Crippen molar-refractivity contribution in [2.45, 2.75) is 6.92 Å². The topological polar surface area (TPSA) is 61.5 Å². The molecular formula is C6H11NO3. The molecule has 0 atom stereocenters. The first-order valence-electron chi connectivity index (χ1n) is 2.82. The fourth-order valence-corrected chi connectivity index (χ4v) is 0.306. The van der Waals surface area contributed by atoms with E-state index >= 15 is 0 Å². The summed E-state index contributed by atoms with van der Waals surface area (Å²) in [5.41, 5.74) is 0.372. The first-order valence-corrected chi connectivity index (χ1v) is 2.82. The minimum absolute atomic E-state index is 0.169. The monoisotopic (exact) mass is 145 g/mol. The lowest BCUT2D eigenvalue weighted by molar-refractivity contribution is -0.140. The Hall–Kier alpha value is -0.870. The fraction of sp³-hybridized carbons (Fsp3) is 0.500. The van der Waals surface area contributed by atoms with Gasteiger partial charge in [0.15, 0.2) is 0 Å². The average Bonchev–Trinajstić information content (AvgIpc) is 1.88. The minimum atomic E-state index is -0.419. The van der Waals surface area contributed by atoms with Gasteiger partial charge in [-0.05, 0) is 6.92 Å². The van der Waals surface area contributed by atoms with E-state index in [1.54, 1.807) is 6.92 Å². The predicted molar refractivity (Wildman–Crippen MR) is 35.9 cm³/mol. The summed E-state index contributed by atoms with van der Waals surface area (Å²) >= 11 is 0. The zero-order valence-corrected chi connectivity index (χ0v) is 5.92. The number of hydrogen-bond acceptors (Lipinski definition) is 4. The molecule has 0 rings (SSSR count). The van der Waals surface area contributed by atoms with E-state index in [0.717, 1.165) is 0 Å². The number of hydrogen-bond donors (Lipinski definition) is 1. The molecule has 4 nitrogen and oxygen atoms in total. The Morgan fingerprint density at radius 2 is 2.20 bits per heavy atom. The maximum absolute atomic E-state index is 10.6. The van der Waals surface area contributed by atoms with Gasteiger partial charge in [0, 0.05) is 5.57 Å². The highest BCUT2D eigenvalue weighted by Crippen LogP contribution is 1.90. The van der Waals surface area contributed by atoms with Crippen LogP contribution in [0, 0.1) is 0 Å². The summed E-state index contributed by atoms with van der Waals surface area (Å²) in [6.45, 7) is 5.34. The summed E-state index contributed by atoms with van der Waals surface area (Å²) in [7, 11) is 0. The summed E-state index contributed by atoms with van der Waals surface area (Å²) in [6, 6.07) is 0. The zero-order chi connectivity index (χ0) is 7.98. The number of carbonyl (C=O) groups excluding carboxylic acids is 1. The number of esters is 1. The van der Waals surface area contributed by atoms with Crippen LogP contribution in [0.15, 0.2) is 12.2 Å². The molecule has 0 aromatic rings. The lowest BCUT2D eigenvalue weighted by Crippen LogP contribution is -2.12. The number of rotatable bonds is 4. The van der Waals surface area contributed by atoms with Crippen LogP contribution in [0.5, 0.6) is 0 Å². The second-order valence-electron chi connectivity index (χ2n) is 1.79. The molecule has 58 valence electrons. The molecule has 0 aromatic carbocycles. The first kappa shape index (κ1) is 9.13. The van der Waals surface area contributed by atoms with E-state index in [1.807, 2.05) is 0 Å². The fourth-order valence-electron chi connectivity index (χ4n) is 0.306. The number of nitrogens with two attached hydrogens (primary N) is 1. The van der Waals surface area contributed by atoms with Crippen molar-refractivity contribution in [3.63, 3.8) is 0 Å². The van der Waals surface area contributed by atoms with E-state index in [9.17, 15) is 4.79 Å². The number of ether oxygens (including phenoxy) is 1. The second-order valence-corrected chi connectivity index (χ2v) is 1.79. The third-order valence-electron chi connectivity index (χ3n) is 0.783. The summed E-state index contributed by atoms with van der Waals surface area (Å²) < 4.78 is 4.60. The van der Waals surface area contributed by atoms with Crippen molar-refractivity contribution in [2.75, 3.05) is 13.2 Å². The Bertz CT molecular complexity index is 133. The highest BCUT2D eigenvalue weighted by molar-refractivity contribution is 5.86. The van der Waals surface area contributed by atoms with Gasteiger partial charge < -0.3 is 9.57 Å². The van der Waals surface area contributed by atoms with Crippen molar-refractivity contribution in [1.82, 2.24) is 0 Å². The average molecular weight is 145 g/mol. The van der Waals surface area contributed by atoms with E-state index < -0.39 is 5.97 Å². The highest BCUT2D eigenvalue weighted by Gasteiger charge is 2.00. The molecule has 0 aromatic heterocycles. The van der Waals surface area contributed by atoms with Crippen molar-refractivity contribution in [1.29, 1.82) is 0 Å². The molecular weight excluding hydrogens is 134 g/mol. The molecule has 10 heavy (non-hydrogen) atoms. The maximum atomic E-state index is 10.6. The van der Waals surface area contributed by atoms with Gasteiger partial charge in [-0.2, -0.15) is 0 Å². The molecule has 0 saturated carbocycles. The van der Waals surface area contributed by atoms with E-state index in [-0.39, 0.29) is 13.2 Å². The van der Waals surface area contributed by atoms with Crippen molar-refractivity contribution in [3.8, 4) is 0 Å². The van der Waals surface area contributed by atoms with E-state index in [1.165, 1.54) is 0 Å². The largest absolute Gasteiger partial charge is 0.460 e. The first-order chi connectivity index (χ1) is 4.68. The maximum Gasteiger partial charge on any atom is 0.333 e. The van der Waals surface area contributed by atoms with Crippen LogP contribution < -0.4 is 5.90 Å². The Morgan fingerprint density at radius 3 is 2.60 bits per heavy atom. The van der Waals surface area contributed by atoms with Crippen LogP contribution in [0.25, 0.3) is 0 Å². The van der Waals surface area contributed by atoms with Crippen molar-refractivity contribution in [2.24, 2.45) is 5.90 Å². The van der Waals surface area contributed by atoms with Crippen LogP contribution in [0.3, 0.4) is 0 Å². The summed E-state index contributed by atoms with van der Waals surface area (Å²) in [4.78, 5) is 14.8. The molecule has 4 heteroatoms. The van der Waals surface area contributed by atoms with Gasteiger partial charge in [-0.15, -0.1) is 0 Å². The molecule has 0 aliphatic carbocycles. The molecule has 0 aliphatic heterocycles. The third kappa shape index (κ3) is 4.05. The molecule has 0 unspecified atom stereocenters. The van der Waals surface area contributed by atoms with Crippen LogP contribution >= 0.6 is 0 Å². The molecule has 0 bridgehead atoms. The van der Waals surface area contributed by atoms with Gasteiger partial charge in [0.1, 0.15) is 13.2 Å². The summed E-state index contributed by atoms with van der Waals surface area (Å²) in [6.07, 6.45) is 0. The van der Waals surface area contributed by atoms with Gasteiger partial charge in [-0.25, -0.2) is 10.7 Å². The van der Waals surface area contributed by atoms with Gasteiger partial charge in [-0.3, -0.25) is 0 Å². The lowest BCUT2D eigenvalue weighted by Gasteiger charge is -2.01. The van der Waals surface area contributed by atoms with Gasteiger partial charge in [0.2, 0.25) is 0 Å². The quantitative estimate of drug-likeness (QED) is 0.262. The van der Waals surface area contributed by atoms with Crippen LogP contribution in [0.1, 0.15) is 6.92 Å². The summed E-state index contributed by atoms with van der Waals surface area (Å²) in [5.74, 6) is 4.26. The molecule has 0 amide bonds. The second kappa shape index (κ2) is 4.96. The molecule has 0 saturated heterocycles. The number of carbonyl (C=O) groups is 1. The van der Waals surface area contributed by atoms with Gasteiger partial charge >= 0.3 is 5.97 Å². The van der Waals surface area contributed by atoms with Gasteiger partial charge in [0.05, 0.1) is 0 Å². The van der Waals surface area contributed by atoms with Crippen LogP contribution in [-0.2, 0) is 14.4 Å². The van der Waals surface area contributed by atoms with Crippen molar-refractivity contribution < 1.29 is 14.4 Å². The molecule has 0 fully saturated rings. The Labute approximate surface area is 59.6 Å². The van der Waals surface area contributed by atoms with Crippen molar-refractivity contribution in [3.05, 3.63) is 12.2 Å². The van der Waals surface area contributed by atoms with E-state index in [4.69, 9.17) is 0 Å². The zero-order valence-electron chi connectivity index (χ0n) is 5.92.